The van der Waals surface area contributed by atoms with Gasteiger partial charge in [-0.15, -0.1) is 0 Å². The Kier molecular flexibility index (Phi) is 9.36. The number of hydrogen-bond acceptors (Lipinski definition) is 6. The van der Waals surface area contributed by atoms with Crippen LogP contribution in [0.25, 0.3) is 22.3 Å². The third-order valence-electron chi connectivity index (χ3n) is 5.70. The Morgan fingerprint density at radius 2 is 1.57 bits per heavy atom. The summed E-state index contributed by atoms with van der Waals surface area (Å²) in [6.45, 7) is 9.04. The Morgan fingerprint density at radius 1 is 0.865 bits per heavy atom. The molecule has 37 heavy (non-hydrogen) atoms. The third-order valence-corrected chi connectivity index (χ3v) is 6.02. The molecule has 0 heterocycles. The van der Waals surface area contributed by atoms with Gasteiger partial charge in [0, 0.05) is 12.1 Å². The van der Waals surface area contributed by atoms with E-state index >= 15 is 0 Å². The van der Waals surface area contributed by atoms with Gasteiger partial charge in [-0.1, -0.05) is 41.0 Å². The Hall–Kier alpha value is -3.77. The van der Waals surface area contributed by atoms with Gasteiger partial charge in [0.1, 0.15) is 12.4 Å². The summed E-state index contributed by atoms with van der Waals surface area (Å²) in [6, 6.07) is 12.3. The first-order valence-electron chi connectivity index (χ1n) is 11.9. The maximum atomic E-state index is 11.3. The van der Waals surface area contributed by atoms with E-state index in [0.29, 0.717) is 46.4 Å². The lowest BCUT2D eigenvalue weighted by Gasteiger charge is -2.19. The first-order chi connectivity index (χ1) is 17.7. The fourth-order valence-electron chi connectivity index (χ4n) is 3.77. The first kappa shape index (κ1) is 27.8. The molecule has 0 atom stereocenters. The molecule has 0 saturated carbocycles. The summed E-state index contributed by atoms with van der Waals surface area (Å²) >= 11 is 6.56. The number of anilines is 1. The van der Waals surface area contributed by atoms with Crippen molar-refractivity contribution < 1.29 is 24.4 Å². The molecule has 0 aliphatic heterocycles. The van der Waals surface area contributed by atoms with Crippen molar-refractivity contribution >= 4 is 17.3 Å². The fraction of sp³-hybridized carbons (Fsp3) is 0.267. The Labute approximate surface area is 223 Å². The zero-order valence-corrected chi connectivity index (χ0v) is 22.9. The van der Waals surface area contributed by atoms with Crippen LogP contribution in [0.3, 0.4) is 0 Å². The van der Waals surface area contributed by atoms with Gasteiger partial charge in [0.05, 0.1) is 30.5 Å². The Bertz CT molecular complexity index is 1320. The summed E-state index contributed by atoms with van der Waals surface area (Å²) in [5.41, 5.74) is 5.44. The molecule has 3 aromatic carbocycles. The number of ether oxygens (including phenoxy) is 3. The maximum absolute atomic E-state index is 11.3. The average Bonchev–Trinajstić information content (AvgIpc) is 2.85. The molecule has 0 fully saturated rings. The normalized spacial score (nSPS) is 10.5. The summed E-state index contributed by atoms with van der Waals surface area (Å²) in [7, 11) is 3.01. The molecular formula is C30H34ClNO5. The van der Waals surface area contributed by atoms with Crippen molar-refractivity contribution in [3.05, 3.63) is 70.8 Å². The quantitative estimate of drug-likeness (QED) is 0.235. The monoisotopic (exact) mass is 523 g/mol. The number of phenols is 2. The summed E-state index contributed by atoms with van der Waals surface area (Å²) in [4.78, 5) is 0. The van der Waals surface area contributed by atoms with Crippen LogP contribution >= 0.6 is 11.6 Å². The van der Waals surface area contributed by atoms with E-state index in [2.05, 4.69) is 11.4 Å². The second-order valence-electron chi connectivity index (χ2n) is 9.02. The molecule has 0 aliphatic rings. The molecule has 0 saturated heterocycles. The van der Waals surface area contributed by atoms with E-state index in [1.165, 1.54) is 25.9 Å². The standard InChI is InChI=1S/C30H34ClNO5/c1-18(2)11-13-32-24-9-7-20(15-23(24)31)22-17-27(35-5)28(29(34)30(22)36-6)21-8-10-26(25(33)16-21)37-14-12-19(3)4/h7-12,15-17,32-34H,13-14H2,1-6H3. The van der Waals surface area contributed by atoms with Gasteiger partial charge in [0.2, 0.25) is 0 Å². The molecule has 0 aromatic heterocycles. The molecule has 0 radical (unpaired) electrons. The van der Waals surface area contributed by atoms with Crippen molar-refractivity contribution in [3.8, 4) is 51.0 Å². The van der Waals surface area contributed by atoms with Gasteiger partial charge >= 0.3 is 0 Å². The minimum Gasteiger partial charge on any atom is -0.504 e. The van der Waals surface area contributed by atoms with Crippen LogP contribution in [0.15, 0.2) is 65.8 Å². The SMILES string of the molecule is COc1cc(-c2ccc(NCC=C(C)C)c(Cl)c2)c(OC)c(O)c1-c1ccc(OCC=C(C)C)c(O)c1. The number of aromatic hydroxyl groups is 2. The van der Waals surface area contributed by atoms with Crippen LogP contribution in [-0.4, -0.2) is 37.6 Å². The minimum atomic E-state index is -0.114. The van der Waals surface area contributed by atoms with E-state index in [1.807, 2.05) is 52.0 Å². The van der Waals surface area contributed by atoms with Gasteiger partial charge in [-0.25, -0.2) is 0 Å². The minimum absolute atomic E-state index is 0.0489. The average molecular weight is 524 g/mol. The molecule has 3 N–H and O–H groups in total. The van der Waals surface area contributed by atoms with Crippen LogP contribution in [0.2, 0.25) is 5.02 Å². The van der Waals surface area contributed by atoms with E-state index in [9.17, 15) is 10.2 Å². The van der Waals surface area contributed by atoms with Crippen molar-refractivity contribution in [2.75, 3.05) is 32.7 Å². The molecule has 3 rings (SSSR count). The number of nitrogens with one attached hydrogen (secondary N) is 1. The summed E-state index contributed by atoms with van der Waals surface area (Å²) in [5, 5.41) is 25.7. The van der Waals surface area contributed by atoms with E-state index in [4.69, 9.17) is 25.8 Å². The Balaban J connectivity index is 2.02. The molecule has 0 amide bonds. The molecule has 0 spiro atoms. The number of rotatable bonds is 10. The summed E-state index contributed by atoms with van der Waals surface area (Å²) in [5.74, 6) is 0.855. The molecule has 196 valence electrons. The number of halogens is 1. The molecule has 6 nitrogen and oxygen atoms in total. The van der Waals surface area contributed by atoms with Crippen LogP contribution in [0.5, 0.6) is 28.7 Å². The number of methoxy groups -OCH3 is 2. The molecule has 0 unspecified atom stereocenters. The highest BCUT2D eigenvalue weighted by atomic mass is 35.5. The van der Waals surface area contributed by atoms with Crippen molar-refractivity contribution in [1.82, 2.24) is 0 Å². The predicted molar refractivity (Wildman–Crippen MR) is 152 cm³/mol. The summed E-state index contributed by atoms with van der Waals surface area (Å²) in [6.07, 6.45) is 4.00. The lowest BCUT2D eigenvalue weighted by atomic mass is 9.96. The van der Waals surface area contributed by atoms with Crippen molar-refractivity contribution in [2.45, 2.75) is 27.7 Å². The van der Waals surface area contributed by atoms with E-state index < -0.39 is 0 Å². The largest absolute Gasteiger partial charge is 0.504 e. The van der Waals surface area contributed by atoms with E-state index in [0.717, 1.165) is 16.8 Å². The molecule has 0 bridgehead atoms. The maximum Gasteiger partial charge on any atom is 0.170 e. The lowest BCUT2D eigenvalue weighted by Crippen LogP contribution is -2.00. The van der Waals surface area contributed by atoms with Gasteiger partial charge < -0.3 is 29.7 Å². The van der Waals surface area contributed by atoms with Gasteiger partial charge in [-0.05, 0) is 75.2 Å². The highest BCUT2D eigenvalue weighted by Gasteiger charge is 2.23. The van der Waals surface area contributed by atoms with Crippen LogP contribution < -0.4 is 19.5 Å². The first-order valence-corrected chi connectivity index (χ1v) is 12.3. The van der Waals surface area contributed by atoms with E-state index in [1.54, 1.807) is 18.2 Å². The number of phenolic OH excluding ortho intramolecular Hbond substituents is 2. The predicted octanol–water partition coefficient (Wildman–Crippen LogP) is 7.83. The topological polar surface area (TPSA) is 80.2 Å². The number of benzene rings is 3. The zero-order chi connectivity index (χ0) is 27.1. The second-order valence-corrected chi connectivity index (χ2v) is 9.42. The van der Waals surface area contributed by atoms with Gasteiger partial charge in [-0.3, -0.25) is 0 Å². The molecular weight excluding hydrogens is 490 g/mol. The van der Waals surface area contributed by atoms with Crippen molar-refractivity contribution in [2.24, 2.45) is 0 Å². The van der Waals surface area contributed by atoms with Gasteiger partial charge in [0.25, 0.3) is 0 Å². The highest BCUT2D eigenvalue weighted by molar-refractivity contribution is 6.33. The zero-order valence-electron chi connectivity index (χ0n) is 22.1. The Morgan fingerprint density at radius 3 is 2.16 bits per heavy atom. The molecule has 7 heteroatoms. The molecule has 0 aliphatic carbocycles. The second kappa shape index (κ2) is 12.5. The van der Waals surface area contributed by atoms with Crippen LogP contribution in [-0.2, 0) is 0 Å². The van der Waals surface area contributed by atoms with Crippen molar-refractivity contribution in [1.29, 1.82) is 0 Å². The highest BCUT2D eigenvalue weighted by Crippen LogP contribution is 2.50. The lowest BCUT2D eigenvalue weighted by molar-refractivity contribution is 0.335. The van der Waals surface area contributed by atoms with E-state index in [-0.39, 0.29) is 17.2 Å². The fourth-order valence-corrected chi connectivity index (χ4v) is 4.02. The number of allylic oxidation sites excluding steroid dienone is 2. The van der Waals surface area contributed by atoms with Gasteiger partial charge in [0.15, 0.2) is 23.0 Å². The van der Waals surface area contributed by atoms with Crippen molar-refractivity contribution in [3.63, 3.8) is 0 Å². The van der Waals surface area contributed by atoms with Crippen LogP contribution in [0, 0.1) is 0 Å². The third kappa shape index (κ3) is 6.71. The smallest absolute Gasteiger partial charge is 0.170 e. The van der Waals surface area contributed by atoms with Crippen LogP contribution in [0.4, 0.5) is 5.69 Å². The van der Waals surface area contributed by atoms with Crippen LogP contribution in [0.1, 0.15) is 27.7 Å². The summed E-state index contributed by atoms with van der Waals surface area (Å²) < 4.78 is 16.9. The van der Waals surface area contributed by atoms with Gasteiger partial charge in [-0.2, -0.15) is 0 Å². The number of hydrogen-bond donors (Lipinski definition) is 3. The molecule has 3 aromatic rings.